The first-order chi connectivity index (χ1) is 9.76. The molecule has 1 amide bonds. The summed E-state index contributed by atoms with van der Waals surface area (Å²) in [6.07, 6.45) is 0.145. The van der Waals surface area contributed by atoms with Gasteiger partial charge in [0.1, 0.15) is 17.2 Å². The van der Waals surface area contributed by atoms with Crippen LogP contribution in [0.2, 0.25) is 0 Å². The summed E-state index contributed by atoms with van der Waals surface area (Å²) in [5, 5.41) is 11.6. The molecule has 7 heteroatoms. The smallest absolute Gasteiger partial charge is 0.352 e. The topological polar surface area (TPSA) is 49.3 Å². The maximum atomic E-state index is 13.7. The van der Waals surface area contributed by atoms with Crippen LogP contribution in [0, 0.1) is 11.6 Å². The number of hydrogen-bond donors (Lipinski definition) is 2. The van der Waals surface area contributed by atoms with Gasteiger partial charge in [-0.3, -0.25) is 4.79 Å². The van der Waals surface area contributed by atoms with E-state index in [2.05, 4.69) is 0 Å². The summed E-state index contributed by atoms with van der Waals surface area (Å²) in [6.45, 7) is -0.229. The predicted molar refractivity (Wildman–Crippen MR) is 66.8 cm³/mol. The fourth-order valence-corrected chi connectivity index (χ4v) is 2.18. The van der Waals surface area contributed by atoms with E-state index in [1.165, 1.54) is 6.07 Å². The lowest BCUT2D eigenvalue weighted by atomic mass is 9.75. The molecule has 1 saturated carbocycles. The van der Waals surface area contributed by atoms with Crippen LogP contribution in [-0.2, 0) is 11.2 Å². The molecule has 1 aromatic rings. The second-order valence-electron chi connectivity index (χ2n) is 5.20. The van der Waals surface area contributed by atoms with Gasteiger partial charge >= 0.3 is 5.92 Å². The van der Waals surface area contributed by atoms with Crippen molar-refractivity contribution >= 4 is 5.91 Å². The Kier molecular flexibility index (Phi) is 4.22. The van der Waals surface area contributed by atoms with E-state index in [4.69, 9.17) is 0 Å². The predicted octanol–water partition coefficient (Wildman–Crippen LogP) is 2.17. The number of rotatable bonds is 5. The van der Waals surface area contributed by atoms with E-state index in [1.807, 2.05) is 5.32 Å². The van der Waals surface area contributed by atoms with E-state index in [0.29, 0.717) is 12.5 Å². The largest absolute Gasteiger partial charge is 0.383 e. The second kappa shape index (κ2) is 5.63. The third kappa shape index (κ3) is 3.02. The summed E-state index contributed by atoms with van der Waals surface area (Å²) in [5.41, 5.74) is -2.17. The second-order valence-corrected chi connectivity index (χ2v) is 5.20. The van der Waals surface area contributed by atoms with E-state index in [1.54, 1.807) is 0 Å². The van der Waals surface area contributed by atoms with Crippen molar-refractivity contribution in [2.45, 2.75) is 37.2 Å². The standard InChI is InChI=1S/C14H15F4NO2/c15-10-3-2-9(11(16)8-10)4-7-19-12(20)14(17,18)13(21)5-1-6-13/h2-3,8,21H,1,4-7H2,(H,19,20). The van der Waals surface area contributed by atoms with E-state index >= 15 is 0 Å². The van der Waals surface area contributed by atoms with Gasteiger partial charge in [-0.15, -0.1) is 0 Å². The summed E-state index contributed by atoms with van der Waals surface area (Å²) >= 11 is 0. The Morgan fingerprint density at radius 3 is 2.52 bits per heavy atom. The van der Waals surface area contributed by atoms with E-state index < -0.39 is 29.1 Å². The van der Waals surface area contributed by atoms with Gasteiger partial charge < -0.3 is 10.4 Å². The molecular weight excluding hydrogens is 290 g/mol. The van der Waals surface area contributed by atoms with Crippen LogP contribution in [-0.4, -0.2) is 29.1 Å². The van der Waals surface area contributed by atoms with Crippen molar-refractivity contribution in [1.82, 2.24) is 5.32 Å². The van der Waals surface area contributed by atoms with Crippen molar-refractivity contribution < 1.29 is 27.5 Å². The first kappa shape index (κ1) is 15.8. The Bertz CT molecular complexity index is 544. The lowest BCUT2D eigenvalue weighted by molar-refractivity contribution is -0.215. The zero-order valence-electron chi connectivity index (χ0n) is 11.1. The Labute approximate surface area is 119 Å². The molecule has 21 heavy (non-hydrogen) atoms. The molecule has 3 nitrogen and oxygen atoms in total. The monoisotopic (exact) mass is 305 g/mol. The van der Waals surface area contributed by atoms with Crippen LogP contribution < -0.4 is 5.32 Å². The molecule has 0 spiro atoms. The summed E-state index contributed by atoms with van der Waals surface area (Å²) < 4.78 is 53.5. The lowest BCUT2D eigenvalue weighted by Gasteiger charge is -2.41. The molecule has 0 aromatic heterocycles. The number of aliphatic hydroxyl groups is 1. The van der Waals surface area contributed by atoms with Crippen LogP contribution in [0.4, 0.5) is 17.6 Å². The molecule has 0 radical (unpaired) electrons. The zero-order chi connectivity index (χ0) is 15.7. The number of hydrogen-bond acceptors (Lipinski definition) is 2. The molecule has 1 aliphatic carbocycles. The number of carbonyl (C=O) groups excluding carboxylic acids is 1. The molecule has 2 N–H and O–H groups in total. The van der Waals surface area contributed by atoms with Gasteiger partial charge in [-0.2, -0.15) is 8.78 Å². The van der Waals surface area contributed by atoms with Crippen LogP contribution in [0.5, 0.6) is 0 Å². The Balaban J connectivity index is 1.89. The van der Waals surface area contributed by atoms with Gasteiger partial charge in [0.25, 0.3) is 5.91 Å². The maximum Gasteiger partial charge on any atom is 0.352 e. The molecule has 2 rings (SSSR count). The molecule has 0 saturated heterocycles. The number of benzene rings is 1. The highest BCUT2D eigenvalue weighted by Crippen LogP contribution is 2.44. The van der Waals surface area contributed by atoms with Crippen molar-refractivity contribution in [3.63, 3.8) is 0 Å². The third-order valence-corrected chi connectivity index (χ3v) is 3.75. The van der Waals surface area contributed by atoms with Gasteiger partial charge in [-0.05, 0) is 37.3 Å². The minimum absolute atomic E-state index is 0.0492. The van der Waals surface area contributed by atoms with Gasteiger partial charge in [0.15, 0.2) is 0 Å². The summed E-state index contributed by atoms with van der Waals surface area (Å²) in [4.78, 5) is 11.5. The molecule has 0 atom stereocenters. The van der Waals surface area contributed by atoms with E-state index in [0.717, 1.165) is 6.07 Å². The van der Waals surface area contributed by atoms with Crippen LogP contribution in [0.1, 0.15) is 24.8 Å². The molecule has 0 aliphatic heterocycles. The highest BCUT2D eigenvalue weighted by Gasteiger charge is 2.60. The zero-order valence-corrected chi connectivity index (χ0v) is 11.1. The van der Waals surface area contributed by atoms with Gasteiger partial charge in [0.2, 0.25) is 0 Å². The molecule has 0 unspecified atom stereocenters. The van der Waals surface area contributed by atoms with Gasteiger partial charge in [-0.25, -0.2) is 8.78 Å². The summed E-state index contributed by atoms with van der Waals surface area (Å²) in [7, 11) is 0. The number of carbonyl (C=O) groups is 1. The molecule has 0 bridgehead atoms. The van der Waals surface area contributed by atoms with Crippen molar-refractivity contribution in [3.05, 3.63) is 35.4 Å². The average molecular weight is 305 g/mol. The number of nitrogens with one attached hydrogen (secondary N) is 1. The van der Waals surface area contributed by atoms with Crippen LogP contribution in [0.15, 0.2) is 18.2 Å². The molecule has 1 aromatic carbocycles. The molecule has 1 fully saturated rings. The Hall–Kier alpha value is -1.63. The minimum atomic E-state index is -3.87. The molecule has 0 heterocycles. The summed E-state index contributed by atoms with van der Waals surface area (Å²) in [6, 6.07) is 2.92. The van der Waals surface area contributed by atoms with Crippen molar-refractivity contribution in [2.24, 2.45) is 0 Å². The van der Waals surface area contributed by atoms with Crippen LogP contribution >= 0.6 is 0 Å². The van der Waals surface area contributed by atoms with Gasteiger partial charge in [0, 0.05) is 12.6 Å². The van der Waals surface area contributed by atoms with Gasteiger partial charge in [0.05, 0.1) is 0 Å². The number of amides is 1. The minimum Gasteiger partial charge on any atom is -0.383 e. The highest BCUT2D eigenvalue weighted by molar-refractivity contribution is 5.85. The van der Waals surface area contributed by atoms with Crippen molar-refractivity contribution in [2.75, 3.05) is 6.54 Å². The fourth-order valence-electron chi connectivity index (χ4n) is 2.18. The Morgan fingerprint density at radius 1 is 1.33 bits per heavy atom. The maximum absolute atomic E-state index is 13.7. The Morgan fingerprint density at radius 2 is 2.00 bits per heavy atom. The first-order valence-corrected chi connectivity index (χ1v) is 6.59. The SMILES string of the molecule is O=C(NCCc1ccc(F)cc1F)C(F)(F)C1(O)CCC1. The van der Waals surface area contributed by atoms with E-state index in [9.17, 15) is 27.5 Å². The van der Waals surface area contributed by atoms with Crippen molar-refractivity contribution in [1.29, 1.82) is 0 Å². The number of halogens is 4. The molecule has 1 aliphatic rings. The first-order valence-electron chi connectivity index (χ1n) is 6.59. The summed E-state index contributed by atoms with van der Waals surface area (Å²) in [5.74, 6) is -6.98. The van der Waals surface area contributed by atoms with E-state index in [-0.39, 0.29) is 31.4 Å². The third-order valence-electron chi connectivity index (χ3n) is 3.75. The molecule has 116 valence electrons. The lowest BCUT2D eigenvalue weighted by Crippen LogP contribution is -2.60. The normalized spacial score (nSPS) is 17.2. The molecular formula is C14H15F4NO2. The average Bonchev–Trinajstić information content (AvgIpc) is 2.38. The van der Waals surface area contributed by atoms with Crippen LogP contribution in [0.3, 0.4) is 0 Å². The van der Waals surface area contributed by atoms with Crippen LogP contribution in [0.25, 0.3) is 0 Å². The number of alkyl halides is 2. The van der Waals surface area contributed by atoms with Crippen molar-refractivity contribution in [3.8, 4) is 0 Å². The quantitative estimate of drug-likeness (QED) is 0.819. The highest BCUT2D eigenvalue weighted by atomic mass is 19.3. The fraction of sp³-hybridized carbons (Fsp3) is 0.500. The van der Waals surface area contributed by atoms with Gasteiger partial charge in [-0.1, -0.05) is 6.07 Å².